The van der Waals surface area contributed by atoms with Crippen LogP contribution in [0.3, 0.4) is 0 Å². The predicted molar refractivity (Wildman–Crippen MR) is 97.7 cm³/mol. The van der Waals surface area contributed by atoms with E-state index in [0.717, 1.165) is 51.5 Å². The van der Waals surface area contributed by atoms with Crippen molar-refractivity contribution >= 4 is 5.91 Å². The SMILES string of the molecule is O=C(CCC1CCNCC1)NC1CCCN(Cc2ccccc2)C1. The van der Waals surface area contributed by atoms with Crippen molar-refractivity contribution < 1.29 is 4.79 Å². The summed E-state index contributed by atoms with van der Waals surface area (Å²) in [7, 11) is 0. The van der Waals surface area contributed by atoms with E-state index in [1.54, 1.807) is 0 Å². The lowest BCUT2D eigenvalue weighted by Crippen LogP contribution is -2.47. The van der Waals surface area contributed by atoms with Crippen LogP contribution in [0.15, 0.2) is 30.3 Å². The summed E-state index contributed by atoms with van der Waals surface area (Å²) in [5.74, 6) is 0.984. The summed E-state index contributed by atoms with van der Waals surface area (Å²) in [6.07, 6.45) is 6.48. The number of hydrogen-bond acceptors (Lipinski definition) is 3. The Kier molecular flexibility index (Phi) is 6.67. The molecule has 3 rings (SSSR count). The van der Waals surface area contributed by atoms with Gasteiger partial charge in [0.05, 0.1) is 0 Å². The minimum Gasteiger partial charge on any atom is -0.352 e. The molecule has 1 aromatic carbocycles. The number of benzene rings is 1. The second-order valence-electron chi connectivity index (χ2n) is 7.36. The summed E-state index contributed by atoms with van der Waals surface area (Å²) in [5.41, 5.74) is 1.36. The molecule has 0 saturated carbocycles. The zero-order valence-corrected chi connectivity index (χ0v) is 14.7. The van der Waals surface area contributed by atoms with Crippen LogP contribution in [0.4, 0.5) is 0 Å². The topological polar surface area (TPSA) is 44.4 Å². The van der Waals surface area contributed by atoms with Gasteiger partial charge in [0.1, 0.15) is 0 Å². The first kappa shape index (κ1) is 17.4. The summed E-state index contributed by atoms with van der Waals surface area (Å²) >= 11 is 0. The first-order valence-corrected chi connectivity index (χ1v) is 9.56. The normalized spacial score (nSPS) is 23.1. The van der Waals surface area contributed by atoms with E-state index in [2.05, 4.69) is 45.9 Å². The molecule has 4 heteroatoms. The van der Waals surface area contributed by atoms with Crippen molar-refractivity contribution in [3.63, 3.8) is 0 Å². The Morgan fingerprint density at radius 1 is 1.17 bits per heavy atom. The second kappa shape index (κ2) is 9.19. The number of nitrogens with one attached hydrogen (secondary N) is 2. The van der Waals surface area contributed by atoms with Crippen molar-refractivity contribution in [3.8, 4) is 0 Å². The molecule has 4 nitrogen and oxygen atoms in total. The molecule has 0 aliphatic carbocycles. The number of carbonyl (C=O) groups is 1. The Hall–Kier alpha value is -1.39. The van der Waals surface area contributed by atoms with Gasteiger partial charge in [-0.1, -0.05) is 30.3 Å². The molecular weight excluding hydrogens is 298 g/mol. The average molecular weight is 329 g/mol. The van der Waals surface area contributed by atoms with Crippen LogP contribution < -0.4 is 10.6 Å². The molecule has 0 aromatic heterocycles. The third-order valence-corrected chi connectivity index (χ3v) is 5.36. The van der Waals surface area contributed by atoms with E-state index < -0.39 is 0 Å². The number of carbonyl (C=O) groups excluding carboxylic acids is 1. The van der Waals surface area contributed by atoms with Crippen molar-refractivity contribution in [3.05, 3.63) is 35.9 Å². The number of amides is 1. The summed E-state index contributed by atoms with van der Waals surface area (Å²) in [6.45, 7) is 5.33. The maximum Gasteiger partial charge on any atom is 0.220 e. The minimum absolute atomic E-state index is 0.250. The van der Waals surface area contributed by atoms with E-state index in [4.69, 9.17) is 0 Å². The lowest BCUT2D eigenvalue weighted by molar-refractivity contribution is -0.122. The van der Waals surface area contributed by atoms with Crippen LogP contribution in [-0.4, -0.2) is 43.0 Å². The van der Waals surface area contributed by atoms with Gasteiger partial charge in [-0.2, -0.15) is 0 Å². The van der Waals surface area contributed by atoms with Crippen LogP contribution in [0.1, 0.15) is 44.1 Å². The van der Waals surface area contributed by atoms with E-state index in [1.165, 1.54) is 24.8 Å². The van der Waals surface area contributed by atoms with Crippen molar-refractivity contribution in [2.45, 2.75) is 51.1 Å². The molecule has 0 radical (unpaired) electrons. The van der Waals surface area contributed by atoms with Crippen LogP contribution in [0.2, 0.25) is 0 Å². The van der Waals surface area contributed by atoms with Gasteiger partial charge < -0.3 is 10.6 Å². The number of piperidine rings is 2. The monoisotopic (exact) mass is 329 g/mol. The van der Waals surface area contributed by atoms with Crippen molar-refractivity contribution in [2.75, 3.05) is 26.2 Å². The van der Waals surface area contributed by atoms with Crippen molar-refractivity contribution in [1.29, 1.82) is 0 Å². The Bertz CT molecular complexity index is 499. The zero-order valence-electron chi connectivity index (χ0n) is 14.7. The molecule has 2 aliphatic heterocycles. The maximum absolute atomic E-state index is 12.3. The highest BCUT2D eigenvalue weighted by atomic mass is 16.1. The molecule has 1 amide bonds. The van der Waals surface area contributed by atoms with Gasteiger partial charge in [-0.25, -0.2) is 0 Å². The largest absolute Gasteiger partial charge is 0.352 e. The molecule has 2 saturated heterocycles. The molecule has 1 aromatic rings. The van der Waals surface area contributed by atoms with Gasteiger partial charge in [0.25, 0.3) is 0 Å². The number of nitrogens with zero attached hydrogens (tertiary/aromatic N) is 1. The Balaban J connectivity index is 1.39. The quantitative estimate of drug-likeness (QED) is 0.843. The van der Waals surface area contributed by atoms with E-state index in [0.29, 0.717) is 12.5 Å². The van der Waals surface area contributed by atoms with Gasteiger partial charge in [0.15, 0.2) is 0 Å². The highest BCUT2D eigenvalue weighted by molar-refractivity contribution is 5.76. The fourth-order valence-corrected chi connectivity index (χ4v) is 3.96. The molecule has 0 spiro atoms. The Labute approximate surface area is 146 Å². The van der Waals surface area contributed by atoms with Crippen LogP contribution >= 0.6 is 0 Å². The zero-order chi connectivity index (χ0) is 16.6. The molecule has 2 aliphatic rings. The number of hydrogen-bond donors (Lipinski definition) is 2. The third-order valence-electron chi connectivity index (χ3n) is 5.36. The number of rotatable bonds is 6. The first-order valence-electron chi connectivity index (χ1n) is 9.56. The summed E-state index contributed by atoms with van der Waals surface area (Å²) in [4.78, 5) is 14.7. The van der Waals surface area contributed by atoms with Gasteiger partial charge in [0.2, 0.25) is 5.91 Å². The van der Waals surface area contributed by atoms with Crippen LogP contribution in [-0.2, 0) is 11.3 Å². The van der Waals surface area contributed by atoms with Gasteiger partial charge in [-0.15, -0.1) is 0 Å². The lowest BCUT2D eigenvalue weighted by Gasteiger charge is -2.33. The van der Waals surface area contributed by atoms with E-state index in [9.17, 15) is 4.79 Å². The fourth-order valence-electron chi connectivity index (χ4n) is 3.96. The predicted octanol–water partition coefficient (Wildman–Crippen LogP) is 2.55. The molecule has 132 valence electrons. The average Bonchev–Trinajstić information content (AvgIpc) is 2.62. The number of likely N-dealkylation sites (tertiary alicyclic amines) is 1. The standard InChI is InChI=1S/C20H31N3O/c24-20(9-8-17-10-12-21-13-11-17)22-19-7-4-14-23(16-19)15-18-5-2-1-3-6-18/h1-3,5-6,17,19,21H,4,7-16H2,(H,22,24). The molecule has 24 heavy (non-hydrogen) atoms. The van der Waals surface area contributed by atoms with E-state index in [1.807, 2.05) is 0 Å². The maximum atomic E-state index is 12.3. The lowest BCUT2D eigenvalue weighted by atomic mass is 9.93. The van der Waals surface area contributed by atoms with E-state index >= 15 is 0 Å². The molecule has 1 atom stereocenters. The second-order valence-corrected chi connectivity index (χ2v) is 7.36. The highest BCUT2D eigenvalue weighted by Crippen LogP contribution is 2.18. The smallest absolute Gasteiger partial charge is 0.220 e. The summed E-state index contributed by atoms with van der Waals surface area (Å²) in [5, 5.41) is 6.66. The van der Waals surface area contributed by atoms with Gasteiger partial charge in [0, 0.05) is 25.6 Å². The van der Waals surface area contributed by atoms with Gasteiger partial charge in [-0.05, 0) is 63.2 Å². The van der Waals surface area contributed by atoms with Crippen LogP contribution in [0.25, 0.3) is 0 Å². The van der Waals surface area contributed by atoms with Gasteiger partial charge >= 0.3 is 0 Å². The molecule has 2 N–H and O–H groups in total. The van der Waals surface area contributed by atoms with Crippen molar-refractivity contribution in [1.82, 2.24) is 15.5 Å². The molecule has 2 fully saturated rings. The Morgan fingerprint density at radius 3 is 2.75 bits per heavy atom. The van der Waals surface area contributed by atoms with Gasteiger partial charge in [-0.3, -0.25) is 9.69 Å². The summed E-state index contributed by atoms with van der Waals surface area (Å²) in [6, 6.07) is 10.9. The first-order chi connectivity index (χ1) is 11.8. The summed E-state index contributed by atoms with van der Waals surface area (Å²) < 4.78 is 0. The van der Waals surface area contributed by atoms with Crippen LogP contribution in [0, 0.1) is 5.92 Å². The van der Waals surface area contributed by atoms with Crippen molar-refractivity contribution in [2.24, 2.45) is 5.92 Å². The van der Waals surface area contributed by atoms with Crippen LogP contribution in [0.5, 0.6) is 0 Å². The third kappa shape index (κ3) is 5.60. The molecule has 2 heterocycles. The molecule has 1 unspecified atom stereocenters. The highest BCUT2D eigenvalue weighted by Gasteiger charge is 2.22. The fraction of sp³-hybridized carbons (Fsp3) is 0.650. The van der Waals surface area contributed by atoms with E-state index in [-0.39, 0.29) is 5.91 Å². The Morgan fingerprint density at radius 2 is 1.96 bits per heavy atom. The molecular formula is C20H31N3O. The minimum atomic E-state index is 0.250. The molecule has 0 bridgehead atoms.